The molecule has 9 heteroatoms. The maximum Gasteiger partial charge on any atom is 0.253 e. The molecule has 1 saturated heterocycles. The second-order valence-corrected chi connectivity index (χ2v) is 8.51. The lowest BCUT2D eigenvalue weighted by Crippen LogP contribution is -2.40. The molecule has 2 aromatic rings. The summed E-state index contributed by atoms with van der Waals surface area (Å²) in [7, 11) is -1.96. The molecule has 1 fully saturated rings. The lowest BCUT2D eigenvalue weighted by Gasteiger charge is -2.26. The van der Waals surface area contributed by atoms with Gasteiger partial charge in [0.2, 0.25) is 10.0 Å². The minimum Gasteiger partial charge on any atom is -0.492 e. The molecule has 0 N–H and O–H groups in total. The van der Waals surface area contributed by atoms with Crippen LogP contribution in [0, 0.1) is 5.82 Å². The van der Waals surface area contributed by atoms with Crippen molar-refractivity contribution in [2.75, 3.05) is 46.5 Å². The predicted octanol–water partition coefficient (Wildman–Crippen LogP) is 2.00. The van der Waals surface area contributed by atoms with Crippen LogP contribution in [0.4, 0.5) is 4.39 Å². The van der Waals surface area contributed by atoms with E-state index in [2.05, 4.69) is 0 Å². The number of likely N-dealkylation sites (N-methyl/N-ethyl adjacent to an activating group) is 1. The Bertz CT molecular complexity index is 926. The summed E-state index contributed by atoms with van der Waals surface area (Å²) < 4.78 is 50.2. The van der Waals surface area contributed by atoms with E-state index in [0.29, 0.717) is 44.2 Å². The normalized spacial score (nSPS) is 15.1. The van der Waals surface area contributed by atoms with Crippen LogP contribution in [-0.2, 0) is 14.8 Å². The van der Waals surface area contributed by atoms with E-state index in [0.717, 1.165) is 0 Å². The van der Waals surface area contributed by atoms with Gasteiger partial charge in [-0.05, 0) is 48.5 Å². The summed E-state index contributed by atoms with van der Waals surface area (Å²) in [5.74, 6) is -0.0725. The number of benzene rings is 2. The van der Waals surface area contributed by atoms with Crippen LogP contribution in [0.2, 0.25) is 0 Å². The Labute approximate surface area is 169 Å². The topological polar surface area (TPSA) is 76.2 Å². The fourth-order valence-corrected chi connectivity index (χ4v) is 4.27. The number of hydrogen-bond donors (Lipinski definition) is 0. The number of carbonyl (C=O) groups excluding carboxylic acids is 1. The Hall–Kier alpha value is -2.49. The Kier molecular flexibility index (Phi) is 6.83. The number of ether oxygens (including phenoxy) is 2. The van der Waals surface area contributed by atoms with Crippen molar-refractivity contribution in [2.24, 2.45) is 0 Å². The zero-order valence-electron chi connectivity index (χ0n) is 16.1. The van der Waals surface area contributed by atoms with Crippen molar-refractivity contribution in [3.8, 4) is 5.75 Å². The summed E-state index contributed by atoms with van der Waals surface area (Å²) >= 11 is 0. The molecule has 1 heterocycles. The Morgan fingerprint density at radius 2 is 1.72 bits per heavy atom. The molecule has 0 aliphatic carbocycles. The van der Waals surface area contributed by atoms with Crippen molar-refractivity contribution in [1.29, 1.82) is 0 Å². The monoisotopic (exact) mass is 422 g/mol. The first kappa shape index (κ1) is 21.2. The van der Waals surface area contributed by atoms with Gasteiger partial charge in [-0.3, -0.25) is 4.79 Å². The van der Waals surface area contributed by atoms with Crippen molar-refractivity contribution in [1.82, 2.24) is 9.21 Å². The molecule has 0 saturated carbocycles. The van der Waals surface area contributed by atoms with E-state index >= 15 is 0 Å². The molecule has 3 rings (SSSR count). The van der Waals surface area contributed by atoms with Gasteiger partial charge >= 0.3 is 0 Å². The fraction of sp³-hybridized carbons (Fsp3) is 0.350. The smallest absolute Gasteiger partial charge is 0.253 e. The van der Waals surface area contributed by atoms with Gasteiger partial charge in [0.25, 0.3) is 5.91 Å². The van der Waals surface area contributed by atoms with Crippen LogP contribution in [0.1, 0.15) is 10.4 Å². The molecule has 7 nitrogen and oxygen atoms in total. The number of carbonyl (C=O) groups is 1. The number of sulfonamides is 1. The summed E-state index contributed by atoms with van der Waals surface area (Å²) in [6, 6.07) is 11.5. The van der Waals surface area contributed by atoms with Gasteiger partial charge in [-0.15, -0.1) is 0 Å². The van der Waals surface area contributed by atoms with Gasteiger partial charge in [0.15, 0.2) is 0 Å². The van der Waals surface area contributed by atoms with Gasteiger partial charge in [0.1, 0.15) is 18.2 Å². The van der Waals surface area contributed by atoms with E-state index in [-0.39, 0.29) is 23.2 Å². The highest BCUT2D eigenvalue weighted by atomic mass is 32.2. The van der Waals surface area contributed by atoms with Crippen molar-refractivity contribution >= 4 is 15.9 Å². The zero-order chi connectivity index (χ0) is 20.9. The zero-order valence-corrected chi connectivity index (χ0v) is 16.9. The van der Waals surface area contributed by atoms with E-state index < -0.39 is 10.0 Å². The van der Waals surface area contributed by atoms with Crippen molar-refractivity contribution in [3.63, 3.8) is 0 Å². The second-order valence-electron chi connectivity index (χ2n) is 6.57. The van der Waals surface area contributed by atoms with Crippen LogP contribution in [0.25, 0.3) is 0 Å². The first-order chi connectivity index (χ1) is 13.9. The molecular formula is C20H23FN2O5S. The largest absolute Gasteiger partial charge is 0.492 e. The molecule has 156 valence electrons. The minimum absolute atomic E-state index is 0.151. The standard InChI is InChI=1S/C20H23FN2O5S/c1-22(10-15-28-18-6-4-17(21)5-7-18)20(24)16-2-8-19(9-3-16)29(25,26)23-11-13-27-14-12-23/h2-9H,10-15H2,1H3. The highest BCUT2D eigenvalue weighted by molar-refractivity contribution is 7.89. The molecular weight excluding hydrogens is 399 g/mol. The molecule has 0 unspecified atom stereocenters. The molecule has 0 aromatic heterocycles. The summed E-state index contributed by atoms with van der Waals surface area (Å²) in [5.41, 5.74) is 0.384. The number of nitrogens with zero attached hydrogens (tertiary/aromatic N) is 2. The first-order valence-corrected chi connectivity index (χ1v) is 10.6. The SMILES string of the molecule is CN(CCOc1ccc(F)cc1)C(=O)c1ccc(S(=O)(=O)N2CCOCC2)cc1. The Morgan fingerprint density at radius 3 is 2.34 bits per heavy atom. The van der Waals surface area contributed by atoms with Crippen LogP contribution in [0.5, 0.6) is 5.75 Å². The third-order valence-corrected chi connectivity index (χ3v) is 6.48. The van der Waals surface area contributed by atoms with Gasteiger partial charge in [-0.25, -0.2) is 12.8 Å². The minimum atomic E-state index is -3.59. The lowest BCUT2D eigenvalue weighted by atomic mass is 10.2. The highest BCUT2D eigenvalue weighted by Crippen LogP contribution is 2.18. The quantitative estimate of drug-likeness (QED) is 0.682. The second kappa shape index (κ2) is 9.34. The lowest BCUT2D eigenvalue weighted by molar-refractivity contribution is 0.0730. The average Bonchev–Trinajstić information content (AvgIpc) is 2.75. The molecule has 0 bridgehead atoms. The molecule has 1 aliphatic heterocycles. The van der Waals surface area contributed by atoms with E-state index in [4.69, 9.17) is 9.47 Å². The predicted molar refractivity (Wildman–Crippen MR) is 105 cm³/mol. The van der Waals surface area contributed by atoms with Crippen LogP contribution < -0.4 is 4.74 Å². The molecule has 1 amide bonds. The number of morpholine rings is 1. The van der Waals surface area contributed by atoms with Crippen molar-refractivity contribution in [3.05, 3.63) is 59.9 Å². The van der Waals surface area contributed by atoms with E-state index in [1.807, 2.05) is 0 Å². The van der Waals surface area contributed by atoms with Crippen LogP contribution in [-0.4, -0.2) is 70.0 Å². The van der Waals surface area contributed by atoms with Gasteiger partial charge in [0, 0.05) is 25.7 Å². The van der Waals surface area contributed by atoms with Crippen molar-refractivity contribution in [2.45, 2.75) is 4.90 Å². The van der Waals surface area contributed by atoms with E-state index in [1.165, 1.54) is 57.7 Å². The fourth-order valence-electron chi connectivity index (χ4n) is 2.86. The van der Waals surface area contributed by atoms with Crippen LogP contribution in [0.15, 0.2) is 53.4 Å². The van der Waals surface area contributed by atoms with Gasteiger partial charge in [0.05, 0.1) is 24.7 Å². The maximum atomic E-state index is 12.9. The maximum absolute atomic E-state index is 12.9. The first-order valence-electron chi connectivity index (χ1n) is 9.20. The molecule has 2 aromatic carbocycles. The summed E-state index contributed by atoms with van der Waals surface area (Å²) in [4.78, 5) is 14.2. The van der Waals surface area contributed by atoms with Gasteiger partial charge < -0.3 is 14.4 Å². The molecule has 29 heavy (non-hydrogen) atoms. The van der Waals surface area contributed by atoms with Gasteiger partial charge in [-0.2, -0.15) is 4.31 Å². The summed E-state index contributed by atoms with van der Waals surface area (Å²) in [6.07, 6.45) is 0. The summed E-state index contributed by atoms with van der Waals surface area (Å²) in [5, 5.41) is 0. The van der Waals surface area contributed by atoms with Crippen LogP contribution >= 0.6 is 0 Å². The van der Waals surface area contributed by atoms with Crippen LogP contribution in [0.3, 0.4) is 0 Å². The van der Waals surface area contributed by atoms with Gasteiger partial charge in [-0.1, -0.05) is 0 Å². The number of amides is 1. The van der Waals surface area contributed by atoms with E-state index in [1.54, 1.807) is 7.05 Å². The third-order valence-electron chi connectivity index (χ3n) is 4.56. The number of rotatable bonds is 7. The molecule has 0 atom stereocenters. The Morgan fingerprint density at radius 1 is 1.10 bits per heavy atom. The Balaban J connectivity index is 1.57. The molecule has 0 radical (unpaired) electrons. The molecule has 1 aliphatic rings. The number of hydrogen-bond acceptors (Lipinski definition) is 5. The summed E-state index contributed by atoms with van der Waals surface area (Å²) in [6.45, 7) is 1.96. The number of halogens is 1. The van der Waals surface area contributed by atoms with E-state index in [9.17, 15) is 17.6 Å². The average molecular weight is 422 g/mol. The highest BCUT2D eigenvalue weighted by Gasteiger charge is 2.26. The third kappa shape index (κ3) is 5.31. The van der Waals surface area contributed by atoms with Crippen molar-refractivity contribution < 1.29 is 27.1 Å². The molecule has 0 spiro atoms.